The number of rotatable bonds is 4. The molecule has 2 fully saturated rings. The van der Waals surface area contributed by atoms with Gasteiger partial charge in [0.25, 0.3) is 6.43 Å². The van der Waals surface area contributed by atoms with Crippen LogP contribution in [0.15, 0.2) is 72.8 Å². The summed E-state index contributed by atoms with van der Waals surface area (Å²) in [6.45, 7) is 3.99. The van der Waals surface area contributed by atoms with E-state index in [9.17, 15) is 18.7 Å². The van der Waals surface area contributed by atoms with Crippen LogP contribution in [0.5, 0.6) is 0 Å². The fraction of sp³-hybridized carbons (Fsp3) is 0.269. The third-order valence-corrected chi connectivity index (χ3v) is 6.59. The highest BCUT2D eigenvalue weighted by molar-refractivity contribution is 6.09. The predicted octanol–water partition coefficient (Wildman–Crippen LogP) is 5.30. The van der Waals surface area contributed by atoms with Crippen molar-refractivity contribution >= 4 is 17.4 Å². The average Bonchev–Trinajstić information content (AvgIpc) is 3.00. The Morgan fingerprint density at radius 2 is 1.42 bits per heavy atom. The van der Waals surface area contributed by atoms with Gasteiger partial charge in [-0.2, -0.15) is 0 Å². The van der Waals surface area contributed by atoms with Gasteiger partial charge in [-0.15, -0.1) is 0 Å². The van der Waals surface area contributed by atoms with E-state index in [0.29, 0.717) is 11.4 Å². The van der Waals surface area contributed by atoms with Crippen molar-refractivity contribution in [2.75, 3.05) is 23.0 Å². The number of hydrogen-bond acceptors (Lipinski definition) is 3. The van der Waals surface area contributed by atoms with Gasteiger partial charge in [-0.1, -0.05) is 53.6 Å². The lowest BCUT2D eigenvalue weighted by atomic mass is 9.78. The van der Waals surface area contributed by atoms with E-state index in [1.165, 1.54) is 23.1 Å². The Labute approximate surface area is 190 Å². The normalized spacial score (nSPS) is 21.7. The number of urea groups is 1. The molecule has 1 atom stereocenters. The van der Waals surface area contributed by atoms with Gasteiger partial charge in [-0.25, -0.2) is 13.6 Å². The smallest absolute Gasteiger partial charge is 0.332 e. The van der Waals surface area contributed by atoms with Gasteiger partial charge in [0.2, 0.25) is 5.72 Å². The molecule has 0 aromatic heterocycles. The Morgan fingerprint density at radius 1 is 0.879 bits per heavy atom. The molecule has 0 radical (unpaired) electrons. The molecule has 5 nitrogen and oxygen atoms in total. The molecular formula is C26H24F2N2O3. The molecule has 7 heteroatoms. The molecule has 2 saturated heterocycles. The van der Waals surface area contributed by atoms with E-state index >= 15 is 0 Å². The zero-order valence-electron chi connectivity index (χ0n) is 18.3. The number of amides is 2. The van der Waals surface area contributed by atoms with Gasteiger partial charge in [0.05, 0.1) is 13.2 Å². The van der Waals surface area contributed by atoms with Gasteiger partial charge in [-0.3, -0.25) is 9.80 Å². The number of carbonyl (C=O) groups is 1. The number of benzene rings is 3. The SMILES string of the molecule is Cc1ccc(N2C(=O)N(c3ccc(C)cc3)C(O)(c3cccc(C(F)F)c3)C23COC3)cc1. The number of anilines is 2. The summed E-state index contributed by atoms with van der Waals surface area (Å²) in [7, 11) is 0. The van der Waals surface area contributed by atoms with E-state index < -0.39 is 23.7 Å². The second-order valence-corrected chi connectivity index (χ2v) is 8.75. The van der Waals surface area contributed by atoms with Crippen molar-refractivity contribution in [3.8, 4) is 0 Å². The fourth-order valence-corrected chi connectivity index (χ4v) is 4.74. The van der Waals surface area contributed by atoms with Gasteiger partial charge in [0.15, 0.2) is 0 Å². The highest BCUT2D eigenvalue weighted by Gasteiger charge is 2.72. The van der Waals surface area contributed by atoms with Gasteiger partial charge in [0, 0.05) is 22.5 Å². The van der Waals surface area contributed by atoms with Crippen LogP contribution in [-0.4, -0.2) is 29.9 Å². The zero-order chi connectivity index (χ0) is 23.4. The first-order chi connectivity index (χ1) is 15.8. The summed E-state index contributed by atoms with van der Waals surface area (Å²) in [6, 6.07) is 19.8. The number of aryl methyl sites for hydroxylation is 2. The van der Waals surface area contributed by atoms with E-state index in [1.807, 2.05) is 50.2 Å². The monoisotopic (exact) mass is 450 g/mol. The van der Waals surface area contributed by atoms with Crippen LogP contribution in [0.3, 0.4) is 0 Å². The maximum atomic E-state index is 14.0. The summed E-state index contributed by atoms with van der Waals surface area (Å²) in [4.78, 5) is 16.8. The number of ether oxygens (including phenoxy) is 1. The summed E-state index contributed by atoms with van der Waals surface area (Å²) in [5.74, 6) is 0. The number of carbonyl (C=O) groups excluding carboxylic acids is 1. The van der Waals surface area contributed by atoms with Crippen molar-refractivity contribution in [2.45, 2.75) is 31.5 Å². The Bertz CT molecular complexity index is 1190. The molecule has 1 N–H and O–H groups in total. The molecule has 0 bridgehead atoms. The van der Waals surface area contributed by atoms with Gasteiger partial charge in [0.1, 0.15) is 5.54 Å². The first kappa shape index (κ1) is 21.6. The van der Waals surface area contributed by atoms with Crippen LogP contribution < -0.4 is 9.80 Å². The van der Waals surface area contributed by atoms with Crippen LogP contribution in [0.4, 0.5) is 25.0 Å². The molecular weight excluding hydrogens is 426 g/mol. The van der Waals surface area contributed by atoms with Crippen LogP contribution in [0.1, 0.15) is 28.7 Å². The molecule has 33 heavy (non-hydrogen) atoms. The van der Waals surface area contributed by atoms with Crippen molar-refractivity contribution in [1.82, 2.24) is 0 Å². The van der Waals surface area contributed by atoms with Gasteiger partial charge in [-0.05, 0) is 44.2 Å². The third kappa shape index (κ3) is 3.07. The van der Waals surface area contributed by atoms with E-state index in [-0.39, 0.29) is 24.3 Å². The first-order valence-corrected chi connectivity index (χ1v) is 10.7. The lowest BCUT2D eigenvalue weighted by Gasteiger charge is -2.51. The fourth-order valence-electron chi connectivity index (χ4n) is 4.74. The number of halogens is 2. The number of hydrogen-bond donors (Lipinski definition) is 1. The molecule has 1 unspecified atom stereocenters. The highest BCUT2D eigenvalue weighted by Crippen LogP contribution is 2.54. The quantitative estimate of drug-likeness (QED) is 0.587. The lowest BCUT2D eigenvalue weighted by Crippen LogP contribution is -2.70. The standard InChI is InChI=1S/C26H24F2N2O3/c1-17-6-10-21(11-7-17)29-24(31)30(22-12-8-18(2)9-13-22)26(32,25(29)15-33-16-25)20-5-3-4-19(14-20)23(27)28/h3-14,23,32H,15-16H2,1-2H3. The maximum absolute atomic E-state index is 14.0. The van der Waals surface area contributed by atoms with E-state index in [1.54, 1.807) is 23.1 Å². The zero-order valence-corrected chi connectivity index (χ0v) is 18.3. The molecule has 0 saturated carbocycles. The summed E-state index contributed by atoms with van der Waals surface area (Å²) < 4.78 is 32.7. The Hall–Kier alpha value is -3.29. The highest BCUT2D eigenvalue weighted by atomic mass is 19.3. The van der Waals surface area contributed by atoms with Crippen molar-refractivity contribution in [3.05, 3.63) is 95.1 Å². The number of nitrogens with zero attached hydrogens (tertiary/aromatic N) is 2. The molecule has 170 valence electrons. The minimum atomic E-state index is -2.71. The number of aliphatic hydroxyl groups is 1. The predicted molar refractivity (Wildman–Crippen MR) is 122 cm³/mol. The number of alkyl halides is 2. The molecule has 3 aromatic carbocycles. The summed E-state index contributed by atoms with van der Waals surface area (Å²) in [5, 5.41) is 12.4. The Balaban J connectivity index is 1.76. The van der Waals surface area contributed by atoms with E-state index in [2.05, 4.69) is 0 Å². The molecule has 1 spiro atoms. The summed E-state index contributed by atoms with van der Waals surface area (Å²) >= 11 is 0. The third-order valence-electron chi connectivity index (χ3n) is 6.59. The topological polar surface area (TPSA) is 53.0 Å². The van der Waals surface area contributed by atoms with Crippen LogP contribution in [0.2, 0.25) is 0 Å². The second kappa shape index (κ2) is 7.64. The van der Waals surface area contributed by atoms with Gasteiger partial charge < -0.3 is 9.84 Å². The van der Waals surface area contributed by atoms with Crippen molar-refractivity contribution in [2.24, 2.45) is 0 Å². The molecule has 2 aliphatic rings. The van der Waals surface area contributed by atoms with Crippen molar-refractivity contribution < 1.29 is 23.4 Å². The van der Waals surface area contributed by atoms with Crippen LogP contribution in [0, 0.1) is 13.8 Å². The minimum absolute atomic E-state index is 0.0599. The molecule has 5 rings (SSSR count). The molecule has 2 heterocycles. The largest absolute Gasteiger partial charge is 0.376 e. The van der Waals surface area contributed by atoms with Crippen LogP contribution in [-0.2, 0) is 10.5 Å². The Kier molecular flexibility index (Phi) is 4.99. The molecule has 3 aromatic rings. The van der Waals surface area contributed by atoms with Crippen LogP contribution in [0.25, 0.3) is 0 Å². The first-order valence-electron chi connectivity index (χ1n) is 10.7. The maximum Gasteiger partial charge on any atom is 0.332 e. The Morgan fingerprint density at radius 3 is 1.91 bits per heavy atom. The summed E-state index contributed by atoms with van der Waals surface area (Å²) in [6.07, 6.45) is -2.71. The van der Waals surface area contributed by atoms with E-state index in [4.69, 9.17) is 4.74 Å². The minimum Gasteiger partial charge on any atom is -0.376 e. The van der Waals surface area contributed by atoms with Gasteiger partial charge >= 0.3 is 6.03 Å². The molecule has 2 amide bonds. The average molecular weight is 450 g/mol. The van der Waals surface area contributed by atoms with E-state index in [0.717, 1.165) is 11.1 Å². The van der Waals surface area contributed by atoms with Crippen molar-refractivity contribution in [1.29, 1.82) is 0 Å². The lowest BCUT2D eigenvalue weighted by molar-refractivity contribution is -0.153. The summed E-state index contributed by atoms with van der Waals surface area (Å²) in [5.41, 5.74) is -0.0412. The molecule has 2 aliphatic heterocycles. The van der Waals surface area contributed by atoms with Crippen LogP contribution >= 0.6 is 0 Å². The second-order valence-electron chi connectivity index (χ2n) is 8.75. The van der Waals surface area contributed by atoms with Crippen molar-refractivity contribution in [3.63, 3.8) is 0 Å². The molecule has 0 aliphatic carbocycles.